The van der Waals surface area contributed by atoms with Crippen molar-refractivity contribution in [2.24, 2.45) is 0 Å². The van der Waals surface area contributed by atoms with Crippen LogP contribution in [0.5, 0.6) is 11.5 Å². The molecular weight excluding hydrogens is 332 g/mol. The lowest BCUT2D eigenvalue weighted by Gasteiger charge is -2.11. The van der Waals surface area contributed by atoms with Crippen LogP contribution in [-0.4, -0.2) is 32.1 Å². The first-order valence-electron chi connectivity index (χ1n) is 7.28. The molecule has 1 heterocycles. The van der Waals surface area contributed by atoms with Crippen LogP contribution in [0.15, 0.2) is 36.4 Å². The first-order chi connectivity index (χ1) is 11.6. The van der Waals surface area contributed by atoms with Crippen LogP contribution in [-0.2, 0) is 0 Å². The highest BCUT2D eigenvalue weighted by atomic mass is 35.5. The smallest absolute Gasteiger partial charge is 0.259 e. The Morgan fingerprint density at radius 1 is 1.29 bits per heavy atom. The van der Waals surface area contributed by atoms with Gasteiger partial charge in [-0.3, -0.25) is 9.59 Å². The van der Waals surface area contributed by atoms with Crippen LogP contribution in [0, 0.1) is 0 Å². The summed E-state index contributed by atoms with van der Waals surface area (Å²) in [6.45, 7) is 0.846. The maximum Gasteiger partial charge on any atom is 0.259 e. The van der Waals surface area contributed by atoms with E-state index in [-0.39, 0.29) is 11.8 Å². The summed E-state index contributed by atoms with van der Waals surface area (Å²) in [5.41, 5.74) is 1.16. The van der Waals surface area contributed by atoms with Crippen molar-refractivity contribution in [3.8, 4) is 11.5 Å². The SMILES string of the molecule is COc1ccc(Cl)cc1C(=O)Nc1ccc2c(c1)C(=O)NCCO2. The number of carbonyl (C=O) groups excluding carboxylic acids is 2. The van der Waals surface area contributed by atoms with Gasteiger partial charge in [0.2, 0.25) is 0 Å². The molecule has 0 aliphatic carbocycles. The fourth-order valence-corrected chi connectivity index (χ4v) is 2.56. The Labute approximate surface area is 143 Å². The zero-order valence-corrected chi connectivity index (χ0v) is 13.6. The topological polar surface area (TPSA) is 76.7 Å². The zero-order valence-electron chi connectivity index (χ0n) is 12.9. The second kappa shape index (κ2) is 6.80. The minimum absolute atomic E-state index is 0.237. The van der Waals surface area contributed by atoms with Gasteiger partial charge in [0.25, 0.3) is 11.8 Å². The largest absolute Gasteiger partial charge is 0.496 e. The van der Waals surface area contributed by atoms with E-state index < -0.39 is 0 Å². The van der Waals surface area contributed by atoms with Gasteiger partial charge in [0.1, 0.15) is 18.1 Å². The van der Waals surface area contributed by atoms with Crippen molar-refractivity contribution in [1.29, 1.82) is 0 Å². The summed E-state index contributed by atoms with van der Waals surface area (Å²) in [5, 5.41) is 5.89. The molecule has 0 spiro atoms. The molecule has 3 rings (SSSR count). The summed E-state index contributed by atoms with van der Waals surface area (Å²) in [7, 11) is 1.48. The second-order valence-corrected chi connectivity index (χ2v) is 5.55. The Morgan fingerprint density at radius 2 is 2.12 bits per heavy atom. The van der Waals surface area contributed by atoms with Crippen molar-refractivity contribution in [3.63, 3.8) is 0 Å². The van der Waals surface area contributed by atoms with Crippen LogP contribution in [0.2, 0.25) is 5.02 Å². The summed E-state index contributed by atoms with van der Waals surface area (Å²) in [6, 6.07) is 9.69. The molecule has 0 radical (unpaired) electrons. The molecule has 24 heavy (non-hydrogen) atoms. The number of methoxy groups -OCH3 is 1. The molecule has 1 aliphatic rings. The van der Waals surface area contributed by atoms with Gasteiger partial charge in [0.05, 0.1) is 24.8 Å². The molecule has 7 heteroatoms. The molecule has 1 aliphatic heterocycles. The quantitative estimate of drug-likeness (QED) is 0.896. The minimum Gasteiger partial charge on any atom is -0.496 e. The van der Waals surface area contributed by atoms with Gasteiger partial charge in [-0.25, -0.2) is 0 Å². The van der Waals surface area contributed by atoms with E-state index in [0.717, 1.165) is 0 Å². The van der Waals surface area contributed by atoms with Crippen molar-refractivity contribution in [3.05, 3.63) is 52.5 Å². The van der Waals surface area contributed by atoms with E-state index in [1.165, 1.54) is 13.2 Å². The zero-order chi connectivity index (χ0) is 17.1. The van der Waals surface area contributed by atoms with Gasteiger partial charge in [0.15, 0.2) is 0 Å². The van der Waals surface area contributed by atoms with E-state index in [9.17, 15) is 9.59 Å². The lowest BCUT2D eigenvalue weighted by atomic mass is 10.1. The van der Waals surface area contributed by atoms with Crippen LogP contribution in [0.25, 0.3) is 0 Å². The van der Waals surface area contributed by atoms with Crippen LogP contribution in [0.3, 0.4) is 0 Å². The Bertz CT molecular complexity index is 807. The molecule has 2 N–H and O–H groups in total. The number of benzene rings is 2. The average molecular weight is 347 g/mol. The minimum atomic E-state index is -0.385. The number of carbonyl (C=O) groups is 2. The first-order valence-corrected chi connectivity index (χ1v) is 7.66. The number of fused-ring (bicyclic) bond motifs is 1. The standard InChI is InChI=1S/C17H15ClN2O4/c1-23-14-4-2-10(18)8-12(14)17(22)20-11-3-5-15-13(9-11)16(21)19-6-7-24-15/h2-5,8-9H,6-7H2,1H3,(H,19,21)(H,20,22). The molecule has 0 fully saturated rings. The highest BCUT2D eigenvalue weighted by Gasteiger charge is 2.18. The molecule has 0 unspecified atom stereocenters. The molecule has 0 aromatic heterocycles. The lowest BCUT2D eigenvalue weighted by molar-refractivity contribution is 0.0955. The van der Waals surface area contributed by atoms with Gasteiger partial charge in [-0.15, -0.1) is 0 Å². The number of halogens is 1. The maximum atomic E-state index is 12.5. The Kier molecular flexibility index (Phi) is 4.57. The van der Waals surface area contributed by atoms with Crippen LogP contribution in [0.4, 0.5) is 5.69 Å². The molecule has 0 atom stereocenters. The molecule has 2 aromatic carbocycles. The molecule has 0 bridgehead atoms. The molecule has 6 nitrogen and oxygen atoms in total. The Hall–Kier alpha value is -2.73. The van der Waals surface area contributed by atoms with Gasteiger partial charge in [-0.1, -0.05) is 11.6 Å². The van der Waals surface area contributed by atoms with Crippen molar-refractivity contribution < 1.29 is 19.1 Å². The third-order valence-corrected chi connectivity index (χ3v) is 3.77. The monoisotopic (exact) mass is 346 g/mol. The fraction of sp³-hybridized carbons (Fsp3) is 0.176. The van der Waals surface area contributed by atoms with Crippen LogP contribution < -0.4 is 20.1 Å². The highest BCUT2D eigenvalue weighted by Crippen LogP contribution is 2.27. The van der Waals surface area contributed by atoms with E-state index in [2.05, 4.69) is 10.6 Å². The average Bonchev–Trinajstić information content (AvgIpc) is 2.76. The molecule has 124 valence electrons. The van der Waals surface area contributed by atoms with E-state index in [1.54, 1.807) is 30.3 Å². The third-order valence-electron chi connectivity index (χ3n) is 3.53. The van der Waals surface area contributed by atoms with Crippen molar-refractivity contribution >= 4 is 29.1 Å². The molecular formula is C17H15ClN2O4. The number of hydrogen-bond acceptors (Lipinski definition) is 4. The summed E-state index contributed by atoms with van der Waals surface area (Å²) in [5.74, 6) is 0.277. The highest BCUT2D eigenvalue weighted by molar-refractivity contribution is 6.31. The number of hydrogen-bond donors (Lipinski definition) is 2. The molecule has 0 saturated carbocycles. The number of rotatable bonds is 3. The fourth-order valence-electron chi connectivity index (χ4n) is 2.39. The number of ether oxygens (including phenoxy) is 2. The van der Waals surface area contributed by atoms with E-state index in [1.807, 2.05) is 0 Å². The first kappa shape index (κ1) is 16.1. The molecule has 0 saturated heterocycles. The van der Waals surface area contributed by atoms with E-state index >= 15 is 0 Å². The third kappa shape index (κ3) is 3.28. The normalized spacial score (nSPS) is 13.2. The van der Waals surface area contributed by atoms with Gasteiger partial charge in [0, 0.05) is 10.7 Å². The Morgan fingerprint density at radius 3 is 2.92 bits per heavy atom. The lowest BCUT2D eigenvalue weighted by Crippen LogP contribution is -2.24. The predicted molar refractivity (Wildman–Crippen MR) is 90.2 cm³/mol. The van der Waals surface area contributed by atoms with Crippen molar-refractivity contribution in [2.75, 3.05) is 25.6 Å². The second-order valence-electron chi connectivity index (χ2n) is 5.11. The van der Waals surface area contributed by atoms with Gasteiger partial charge in [-0.2, -0.15) is 0 Å². The summed E-state index contributed by atoms with van der Waals surface area (Å²) in [6.07, 6.45) is 0. The number of nitrogens with one attached hydrogen (secondary N) is 2. The van der Waals surface area contributed by atoms with Crippen molar-refractivity contribution in [2.45, 2.75) is 0 Å². The van der Waals surface area contributed by atoms with Gasteiger partial charge >= 0.3 is 0 Å². The number of anilines is 1. The molecule has 2 amide bonds. The van der Waals surface area contributed by atoms with Gasteiger partial charge < -0.3 is 20.1 Å². The van der Waals surface area contributed by atoms with Crippen LogP contribution in [0.1, 0.15) is 20.7 Å². The summed E-state index contributed by atoms with van der Waals surface area (Å²) >= 11 is 5.95. The Balaban J connectivity index is 1.88. The number of amides is 2. The van der Waals surface area contributed by atoms with E-state index in [0.29, 0.717) is 46.5 Å². The molecule has 2 aromatic rings. The van der Waals surface area contributed by atoms with E-state index in [4.69, 9.17) is 21.1 Å². The maximum absolute atomic E-state index is 12.5. The van der Waals surface area contributed by atoms with Crippen LogP contribution >= 0.6 is 11.6 Å². The predicted octanol–water partition coefficient (Wildman–Crippen LogP) is 2.72. The van der Waals surface area contributed by atoms with Crippen molar-refractivity contribution in [1.82, 2.24) is 5.32 Å². The van der Waals surface area contributed by atoms with Gasteiger partial charge in [-0.05, 0) is 36.4 Å². The summed E-state index contributed by atoms with van der Waals surface area (Å²) < 4.78 is 10.7. The summed E-state index contributed by atoms with van der Waals surface area (Å²) in [4.78, 5) is 24.5.